The predicted octanol–water partition coefficient (Wildman–Crippen LogP) is 7.75. The molecule has 0 N–H and O–H groups in total. The molecule has 5 aliphatic rings. The molecule has 2 aromatic rings. The minimum absolute atomic E-state index is 0.684. The summed E-state index contributed by atoms with van der Waals surface area (Å²) in [6, 6.07) is 16.4. The van der Waals surface area contributed by atoms with E-state index in [9.17, 15) is 0 Å². The van der Waals surface area contributed by atoms with Crippen molar-refractivity contribution >= 4 is 6.08 Å². The van der Waals surface area contributed by atoms with Crippen LogP contribution in [0, 0.1) is 29.6 Å². The second-order valence-electron chi connectivity index (χ2n) is 10.7. The van der Waals surface area contributed by atoms with E-state index in [0.717, 1.165) is 29.6 Å². The monoisotopic (exact) mass is 471 g/mol. The molecule has 5 aliphatic carbocycles. The van der Waals surface area contributed by atoms with Crippen LogP contribution in [-0.2, 0) is 31.1 Å². The van der Waals surface area contributed by atoms with Crippen LogP contribution in [0.3, 0.4) is 0 Å². The van der Waals surface area contributed by atoms with Crippen molar-refractivity contribution in [3.05, 3.63) is 64.7 Å². The third-order valence-corrected chi connectivity index (χ3v) is 10.5. The van der Waals surface area contributed by atoms with Crippen molar-refractivity contribution in [3.63, 3.8) is 0 Å². The van der Waals surface area contributed by atoms with E-state index in [1.54, 1.807) is 68.0 Å². The summed E-state index contributed by atoms with van der Waals surface area (Å²) >= 11 is 1.67. The van der Waals surface area contributed by atoms with Crippen molar-refractivity contribution in [1.82, 2.24) is 0 Å². The van der Waals surface area contributed by atoms with Crippen molar-refractivity contribution in [2.45, 2.75) is 61.9 Å². The van der Waals surface area contributed by atoms with Gasteiger partial charge < -0.3 is 0 Å². The van der Waals surface area contributed by atoms with E-state index in [2.05, 4.69) is 55.5 Å². The zero-order valence-electron chi connectivity index (χ0n) is 18.2. The quantitative estimate of drug-likeness (QED) is 0.417. The summed E-state index contributed by atoms with van der Waals surface area (Å²) < 4.78 is 0.684. The summed E-state index contributed by atoms with van der Waals surface area (Å²) in [4.78, 5) is 0. The predicted molar refractivity (Wildman–Crippen MR) is 122 cm³/mol. The van der Waals surface area contributed by atoms with Crippen LogP contribution >= 0.6 is 0 Å². The Morgan fingerprint density at radius 1 is 0.867 bits per heavy atom. The zero-order chi connectivity index (χ0) is 20.2. The first-order chi connectivity index (χ1) is 14.7. The molecule has 0 aromatic heterocycles. The fourth-order valence-electron chi connectivity index (χ4n) is 7.68. The fraction of sp³-hybridized carbons (Fsp3) is 0.517. The topological polar surface area (TPSA) is 0 Å². The summed E-state index contributed by atoms with van der Waals surface area (Å²) in [6.07, 6.45) is 14.2. The van der Waals surface area contributed by atoms with Gasteiger partial charge in [0.1, 0.15) is 0 Å². The number of allylic oxidation sites excluding steroid dienone is 1. The van der Waals surface area contributed by atoms with Gasteiger partial charge in [-0.25, -0.2) is 0 Å². The summed E-state index contributed by atoms with van der Waals surface area (Å²) in [7, 11) is 0. The summed E-state index contributed by atoms with van der Waals surface area (Å²) in [5.41, 5.74) is 9.19. The molecule has 30 heavy (non-hydrogen) atoms. The zero-order valence-corrected chi connectivity index (χ0v) is 20.7. The van der Waals surface area contributed by atoms with Gasteiger partial charge in [0.15, 0.2) is 0 Å². The van der Waals surface area contributed by atoms with Crippen LogP contribution in [0.1, 0.15) is 72.2 Å². The molecular formula is C29H33Zr. The SMILES string of the molecule is CCCc1ccc(-c2cccc3c2C=C(CC2C4CC5CC(C4)CC2C5)[CH]3[Zr])cc1. The Balaban J connectivity index is 1.28. The number of fused-ring (bicyclic) bond motifs is 1. The molecule has 1 atom stereocenters. The third kappa shape index (κ3) is 3.35. The summed E-state index contributed by atoms with van der Waals surface area (Å²) in [5.74, 6) is 5.24. The Bertz CT molecular complexity index is 938. The molecule has 1 heteroatoms. The second-order valence-corrected chi connectivity index (χ2v) is 12.1. The van der Waals surface area contributed by atoms with Crippen LogP contribution in [0.25, 0.3) is 17.2 Å². The normalized spacial score (nSPS) is 33.5. The van der Waals surface area contributed by atoms with Crippen molar-refractivity contribution in [1.29, 1.82) is 0 Å². The molecule has 0 heterocycles. The molecule has 4 bridgehead atoms. The molecule has 0 radical (unpaired) electrons. The number of rotatable bonds is 5. The minimum atomic E-state index is 0.684. The summed E-state index contributed by atoms with van der Waals surface area (Å²) in [5, 5.41) is 0. The van der Waals surface area contributed by atoms with E-state index in [-0.39, 0.29) is 0 Å². The Labute approximate surface area is 197 Å². The van der Waals surface area contributed by atoms with Crippen molar-refractivity contribution < 1.29 is 24.7 Å². The van der Waals surface area contributed by atoms with Gasteiger partial charge in [-0.15, -0.1) is 0 Å². The van der Waals surface area contributed by atoms with Gasteiger partial charge in [0.05, 0.1) is 0 Å². The second kappa shape index (κ2) is 7.88. The van der Waals surface area contributed by atoms with Gasteiger partial charge in [-0.1, -0.05) is 0 Å². The molecule has 0 nitrogen and oxygen atoms in total. The van der Waals surface area contributed by atoms with Crippen LogP contribution in [0.5, 0.6) is 0 Å². The van der Waals surface area contributed by atoms with E-state index in [0.29, 0.717) is 3.63 Å². The van der Waals surface area contributed by atoms with Gasteiger partial charge in [0.2, 0.25) is 0 Å². The molecule has 2 aromatic carbocycles. The molecule has 0 saturated heterocycles. The van der Waals surface area contributed by atoms with Crippen molar-refractivity contribution in [2.75, 3.05) is 0 Å². The maximum absolute atomic E-state index is 2.62. The van der Waals surface area contributed by atoms with Gasteiger partial charge in [0, 0.05) is 0 Å². The number of benzene rings is 2. The first-order valence-corrected chi connectivity index (χ1v) is 13.7. The van der Waals surface area contributed by atoms with E-state index < -0.39 is 0 Å². The average molecular weight is 473 g/mol. The maximum atomic E-state index is 2.62. The Hall–Kier alpha value is -0.937. The first-order valence-electron chi connectivity index (χ1n) is 12.3. The molecule has 0 spiro atoms. The Kier molecular flexibility index (Phi) is 5.18. The van der Waals surface area contributed by atoms with Crippen LogP contribution < -0.4 is 0 Å². The van der Waals surface area contributed by atoms with E-state index in [1.165, 1.54) is 41.5 Å². The van der Waals surface area contributed by atoms with Crippen molar-refractivity contribution in [3.8, 4) is 11.1 Å². The molecular weight excluding hydrogens is 440 g/mol. The van der Waals surface area contributed by atoms with Crippen LogP contribution in [-0.4, -0.2) is 0 Å². The third-order valence-electron chi connectivity index (χ3n) is 8.85. The fourth-order valence-corrected chi connectivity index (χ4v) is 8.79. The van der Waals surface area contributed by atoms with E-state index in [4.69, 9.17) is 0 Å². The van der Waals surface area contributed by atoms with Gasteiger partial charge in [-0.2, -0.15) is 0 Å². The van der Waals surface area contributed by atoms with Crippen LogP contribution in [0.2, 0.25) is 0 Å². The van der Waals surface area contributed by atoms with Gasteiger partial charge in [-0.3, -0.25) is 0 Å². The molecule has 1 unspecified atom stereocenters. The molecule has 0 aliphatic heterocycles. The molecule has 4 fully saturated rings. The van der Waals surface area contributed by atoms with Gasteiger partial charge in [0.25, 0.3) is 0 Å². The molecule has 0 amide bonds. The standard InChI is InChI=1S/C29H33.Zr/c1-2-4-19-7-9-23(10-8-19)27-6-3-5-24-12-22(18-29(24)27)17-28-25-13-20-11-21(15-25)16-26(28)14-20;/h3,5-10,12,18,20-21,25-26,28H,2,4,11,13-17H2,1H3;. The van der Waals surface area contributed by atoms with Gasteiger partial charge in [-0.05, 0) is 0 Å². The van der Waals surface area contributed by atoms with Crippen LogP contribution in [0.4, 0.5) is 0 Å². The molecule has 7 rings (SSSR count). The molecule has 4 saturated carbocycles. The molecule has 153 valence electrons. The Morgan fingerprint density at radius 2 is 1.57 bits per heavy atom. The van der Waals surface area contributed by atoms with E-state index in [1.807, 2.05) is 0 Å². The number of hydrogen-bond acceptors (Lipinski definition) is 0. The number of hydrogen-bond donors (Lipinski definition) is 0. The Morgan fingerprint density at radius 3 is 2.23 bits per heavy atom. The number of aryl methyl sites for hydroxylation is 1. The first kappa shape index (κ1) is 19.7. The van der Waals surface area contributed by atoms with Crippen LogP contribution in [0.15, 0.2) is 48.0 Å². The average Bonchev–Trinajstić information content (AvgIpc) is 3.07. The van der Waals surface area contributed by atoms with Gasteiger partial charge >= 0.3 is 198 Å². The van der Waals surface area contributed by atoms with E-state index >= 15 is 0 Å². The van der Waals surface area contributed by atoms with Crippen molar-refractivity contribution in [2.24, 2.45) is 29.6 Å². The summed E-state index contributed by atoms with van der Waals surface area (Å²) in [6.45, 7) is 2.26.